The second-order valence-electron chi connectivity index (χ2n) is 5.46. The van der Waals surface area contributed by atoms with Crippen molar-refractivity contribution in [2.45, 2.75) is 44.8 Å². The molecule has 0 aromatic heterocycles. The molecule has 1 aliphatic rings. The highest BCUT2D eigenvalue weighted by Crippen LogP contribution is 2.71. The Bertz CT molecular complexity index is 505. The average Bonchev–Trinajstić information content (AvgIpc) is 2.58. The molecule has 0 radical (unpaired) electrons. The number of hydrogen-bond donors (Lipinski definition) is 2. The summed E-state index contributed by atoms with van der Waals surface area (Å²) >= 11 is 0. The standard InChI is InChI=1S/C14H22NO4P/c1-4-12(5-2)14(3)13(11-9-7-6-8-10-11)15(16)19-20(14,17)18/h6-10,12-13,16H,4-5H2,1-3H3,(H,17,18). The van der Waals surface area contributed by atoms with Crippen LogP contribution in [0.2, 0.25) is 0 Å². The van der Waals surface area contributed by atoms with Gasteiger partial charge in [0.25, 0.3) is 0 Å². The van der Waals surface area contributed by atoms with E-state index in [1.807, 2.05) is 44.2 Å². The zero-order valence-electron chi connectivity index (χ0n) is 12.1. The quantitative estimate of drug-likeness (QED) is 0.829. The molecule has 1 aromatic rings. The Morgan fingerprint density at radius 2 is 1.90 bits per heavy atom. The Hall–Kier alpha value is -0.710. The van der Waals surface area contributed by atoms with E-state index >= 15 is 0 Å². The van der Waals surface area contributed by atoms with Crippen LogP contribution in [0, 0.1) is 5.92 Å². The molecular formula is C14H22NO4P. The van der Waals surface area contributed by atoms with Crippen molar-refractivity contribution in [3.63, 3.8) is 0 Å². The summed E-state index contributed by atoms with van der Waals surface area (Å²) in [7, 11) is -3.96. The number of rotatable bonds is 4. The zero-order valence-corrected chi connectivity index (χ0v) is 13.0. The lowest BCUT2D eigenvalue weighted by atomic mass is 9.80. The molecule has 0 aliphatic carbocycles. The molecular weight excluding hydrogens is 277 g/mol. The van der Waals surface area contributed by atoms with Crippen LogP contribution in [0.3, 0.4) is 0 Å². The van der Waals surface area contributed by atoms with E-state index in [0.29, 0.717) is 5.23 Å². The van der Waals surface area contributed by atoms with E-state index in [2.05, 4.69) is 0 Å². The van der Waals surface area contributed by atoms with E-state index < -0.39 is 18.8 Å². The highest BCUT2D eigenvalue weighted by molar-refractivity contribution is 7.54. The lowest BCUT2D eigenvalue weighted by Crippen LogP contribution is -2.40. The van der Waals surface area contributed by atoms with E-state index in [1.165, 1.54) is 0 Å². The zero-order chi connectivity index (χ0) is 15.0. The first-order valence-electron chi connectivity index (χ1n) is 6.94. The van der Waals surface area contributed by atoms with Crippen molar-refractivity contribution in [3.05, 3.63) is 35.9 Å². The fourth-order valence-electron chi connectivity index (χ4n) is 3.30. The van der Waals surface area contributed by atoms with Crippen molar-refractivity contribution in [1.29, 1.82) is 0 Å². The Morgan fingerprint density at radius 3 is 2.40 bits per heavy atom. The Morgan fingerprint density at radius 1 is 1.35 bits per heavy atom. The minimum absolute atomic E-state index is 0.0271. The van der Waals surface area contributed by atoms with Crippen LogP contribution in [-0.4, -0.2) is 20.5 Å². The maximum Gasteiger partial charge on any atom is 0.354 e. The fraction of sp³-hybridized carbons (Fsp3) is 0.571. The van der Waals surface area contributed by atoms with Crippen LogP contribution < -0.4 is 0 Å². The predicted octanol–water partition coefficient (Wildman–Crippen LogP) is 3.74. The van der Waals surface area contributed by atoms with Crippen LogP contribution in [0.1, 0.15) is 45.2 Å². The van der Waals surface area contributed by atoms with Crippen LogP contribution in [0.4, 0.5) is 0 Å². The van der Waals surface area contributed by atoms with Gasteiger partial charge in [0.05, 0.1) is 5.16 Å². The van der Waals surface area contributed by atoms with Gasteiger partial charge in [-0.2, -0.15) is 4.62 Å². The molecule has 2 rings (SSSR count). The normalized spacial score (nSPS) is 34.8. The Balaban J connectivity index is 2.55. The van der Waals surface area contributed by atoms with Gasteiger partial charge in [-0.25, -0.2) is 0 Å². The van der Waals surface area contributed by atoms with Crippen LogP contribution in [-0.2, 0) is 9.19 Å². The van der Waals surface area contributed by atoms with Crippen molar-refractivity contribution in [3.8, 4) is 0 Å². The van der Waals surface area contributed by atoms with Gasteiger partial charge in [-0.05, 0) is 18.4 Å². The summed E-state index contributed by atoms with van der Waals surface area (Å²) in [4.78, 5) is 10.3. The second-order valence-corrected chi connectivity index (χ2v) is 7.62. The Kier molecular flexibility index (Phi) is 4.38. The highest BCUT2D eigenvalue weighted by Gasteiger charge is 2.64. The molecule has 1 heterocycles. The van der Waals surface area contributed by atoms with Gasteiger partial charge in [0.2, 0.25) is 0 Å². The third kappa shape index (κ3) is 2.24. The molecule has 112 valence electrons. The van der Waals surface area contributed by atoms with Crippen LogP contribution >= 0.6 is 7.60 Å². The van der Waals surface area contributed by atoms with Gasteiger partial charge in [-0.3, -0.25) is 9.77 Å². The average molecular weight is 299 g/mol. The van der Waals surface area contributed by atoms with Crippen molar-refractivity contribution >= 4 is 7.60 Å². The summed E-state index contributed by atoms with van der Waals surface area (Å²) in [5.41, 5.74) is 0.774. The van der Waals surface area contributed by atoms with E-state index in [0.717, 1.165) is 18.4 Å². The van der Waals surface area contributed by atoms with E-state index in [4.69, 9.17) is 4.62 Å². The summed E-state index contributed by atoms with van der Waals surface area (Å²) in [6, 6.07) is 8.58. The summed E-state index contributed by atoms with van der Waals surface area (Å²) in [6.45, 7) is 5.71. The van der Waals surface area contributed by atoms with Crippen molar-refractivity contribution in [1.82, 2.24) is 5.23 Å². The van der Waals surface area contributed by atoms with Crippen LogP contribution in [0.5, 0.6) is 0 Å². The molecule has 3 unspecified atom stereocenters. The molecule has 0 saturated carbocycles. The molecule has 20 heavy (non-hydrogen) atoms. The maximum atomic E-state index is 12.6. The van der Waals surface area contributed by atoms with Gasteiger partial charge in [0, 0.05) is 0 Å². The van der Waals surface area contributed by atoms with Crippen LogP contribution in [0.25, 0.3) is 0 Å². The molecule has 0 amide bonds. The summed E-state index contributed by atoms with van der Waals surface area (Å²) in [5.74, 6) is -0.0271. The van der Waals surface area contributed by atoms with Gasteiger partial charge >= 0.3 is 7.60 Å². The Labute approximate surface area is 119 Å². The highest BCUT2D eigenvalue weighted by atomic mass is 31.2. The third-order valence-electron chi connectivity index (χ3n) is 4.51. The minimum atomic E-state index is -3.96. The summed E-state index contributed by atoms with van der Waals surface area (Å²) < 4.78 is 17.5. The molecule has 1 fully saturated rings. The SMILES string of the molecule is CCC(CC)C1(C)C(c2ccccc2)N(O)OP1(=O)O. The topological polar surface area (TPSA) is 70.0 Å². The first-order chi connectivity index (χ1) is 9.38. The molecule has 3 atom stereocenters. The molecule has 5 nitrogen and oxygen atoms in total. The molecule has 1 saturated heterocycles. The summed E-state index contributed by atoms with van der Waals surface area (Å²) in [5, 5.41) is 9.56. The van der Waals surface area contributed by atoms with Crippen molar-refractivity contribution in [2.75, 3.05) is 0 Å². The molecule has 1 aliphatic heterocycles. The third-order valence-corrected chi connectivity index (χ3v) is 6.72. The fourth-order valence-corrected chi connectivity index (χ4v) is 5.18. The largest absolute Gasteiger partial charge is 0.354 e. The van der Waals surface area contributed by atoms with Crippen LogP contribution in [0.15, 0.2) is 30.3 Å². The predicted molar refractivity (Wildman–Crippen MR) is 76.2 cm³/mol. The van der Waals surface area contributed by atoms with Crippen molar-refractivity contribution < 1.29 is 19.3 Å². The number of hydroxylamine groups is 2. The monoisotopic (exact) mass is 299 g/mol. The van der Waals surface area contributed by atoms with E-state index in [-0.39, 0.29) is 5.92 Å². The minimum Gasteiger partial charge on any atom is -0.323 e. The summed E-state index contributed by atoms with van der Waals surface area (Å²) in [6.07, 6.45) is 1.50. The van der Waals surface area contributed by atoms with Gasteiger partial charge < -0.3 is 4.89 Å². The molecule has 1 aromatic carbocycles. The van der Waals surface area contributed by atoms with Gasteiger partial charge in [0.1, 0.15) is 6.04 Å². The lowest BCUT2D eigenvalue weighted by molar-refractivity contribution is -0.299. The number of hydrogen-bond acceptors (Lipinski definition) is 4. The number of benzene rings is 1. The molecule has 0 spiro atoms. The van der Waals surface area contributed by atoms with E-state index in [9.17, 15) is 14.7 Å². The smallest absolute Gasteiger partial charge is 0.323 e. The molecule has 6 heteroatoms. The molecule has 0 bridgehead atoms. The van der Waals surface area contributed by atoms with E-state index in [1.54, 1.807) is 6.92 Å². The first-order valence-corrected chi connectivity index (χ1v) is 8.51. The lowest BCUT2D eigenvalue weighted by Gasteiger charge is -2.37. The van der Waals surface area contributed by atoms with Gasteiger partial charge in [-0.15, -0.1) is 0 Å². The molecule has 2 N–H and O–H groups in total. The van der Waals surface area contributed by atoms with Crippen molar-refractivity contribution in [2.24, 2.45) is 5.92 Å². The second kappa shape index (κ2) is 5.58. The van der Waals surface area contributed by atoms with Gasteiger partial charge in [-0.1, -0.05) is 62.2 Å². The number of nitrogens with zero attached hydrogens (tertiary/aromatic N) is 1. The first kappa shape index (κ1) is 15.7. The van der Waals surface area contributed by atoms with Gasteiger partial charge in [0.15, 0.2) is 0 Å². The maximum absolute atomic E-state index is 12.6.